The van der Waals surface area contributed by atoms with Crippen molar-refractivity contribution in [3.05, 3.63) is 0 Å². The van der Waals surface area contributed by atoms with Gasteiger partial charge in [-0.15, -0.1) is 0 Å². The summed E-state index contributed by atoms with van der Waals surface area (Å²) >= 11 is 0. The van der Waals surface area contributed by atoms with Crippen LogP contribution in [-0.4, -0.2) is 6.10 Å². The molecule has 0 aliphatic rings. The Balaban J connectivity index is 2.63. The highest BCUT2D eigenvalue weighted by Gasteiger charge is 1.80. The van der Waals surface area contributed by atoms with Crippen LogP contribution in [0.15, 0.2) is 0 Å². The lowest BCUT2D eigenvalue weighted by Crippen LogP contribution is -1.96. The molecule has 0 N–H and O–H groups in total. The molecule has 0 saturated carbocycles. The van der Waals surface area contributed by atoms with Gasteiger partial charge in [-0.05, 0) is 13.8 Å². The summed E-state index contributed by atoms with van der Waals surface area (Å²) in [4.78, 5) is 9.55. The summed E-state index contributed by atoms with van der Waals surface area (Å²) in [5.74, 6) is 0. The van der Waals surface area contributed by atoms with Crippen LogP contribution in [0, 0.1) is 0 Å². The zero-order chi connectivity index (χ0) is 4.99. The van der Waals surface area contributed by atoms with Crippen molar-refractivity contribution < 1.29 is 9.42 Å². The third kappa shape index (κ3) is 4.35. The highest BCUT2D eigenvalue weighted by Crippen LogP contribution is 2.01. The van der Waals surface area contributed by atoms with Crippen LogP contribution >= 0.6 is 9.03 Å². The molecule has 0 heterocycles. The minimum atomic E-state index is -0.612. The van der Waals surface area contributed by atoms with Crippen molar-refractivity contribution in [3.8, 4) is 0 Å². The summed E-state index contributed by atoms with van der Waals surface area (Å²) in [6.07, 6.45) is 0.0980. The van der Waals surface area contributed by atoms with Gasteiger partial charge in [-0.3, -0.25) is 0 Å². The van der Waals surface area contributed by atoms with Crippen molar-refractivity contribution in [1.29, 1.82) is 0 Å². The molecule has 0 amide bonds. The van der Waals surface area contributed by atoms with Crippen LogP contribution in [0.5, 0.6) is 0 Å². The average molecular weight is 107 g/mol. The molecule has 1 atom stereocenters. The van der Waals surface area contributed by atoms with E-state index in [-0.39, 0.29) is 6.10 Å². The molecule has 0 aromatic heterocycles. The van der Waals surface area contributed by atoms with Gasteiger partial charge in [0.05, 0.1) is 6.10 Å². The van der Waals surface area contributed by atoms with Crippen LogP contribution in [0.25, 0.3) is 0 Å². The SMILES string of the molecule is CC(C)OP[O-]. The van der Waals surface area contributed by atoms with Crippen molar-refractivity contribution in [1.82, 2.24) is 0 Å². The Hall–Kier alpha value is 0.350. The standard InChI is InChI=1S/C3H8O2P/c1-3(2)5-6-4/h3,6H,1-2H3/q-1. The predicted octanol–water partition coefficient (Wildman–Crippen LogP) is 0.280. The Morgan fingerprint density at radius 3 is 2.17 bits per heavy atom. The lowest BCUT2D eigenvalue weighted by atomic mass is 10.5. The molecule has 0 bridgehead atoms. The fraction of sp³-hybridized carbons (Fsp3) is 1.00. The smallest absolute Gasteiger partial charge is 0.0541 e. The first kappa shape index (κ1) is 6.35. The van der Waals surface area contributed by atoms with E-state index in [0.29, 0.717) is 0 Å². The van der Waals surface area contributed by atoms with E-state index >= 15 is 0 Å². The second-order valence-corrected chi connectivity index (χ2v) is 1.65. The third-order valence-corrected chi connectivity index (χ3v) is 0.851. The minimum absolute atomic E-state index is 0.0980. The van der Waals surface area contributed by atoms with E-state index in [0.717, 1.165) is 0 Å². The molecule has 1 unspecified atom stereocenters. The summed E-state index contributed by atoms with van der Waals surface area (Å²) in [6.45, 7) is 3.68. The van der Waals surface area contributed by atoms with Gasteiger partial charge < -0.3 is 9.42 Å². The van der Waals surface area contributed by atoms with Crippen molar-refractivity contribution in [2.75, 3.05) is 0 Å². The summed E-state index contributed by atoms with van der Waals surface area (Å²) < 4.78 is 4.51. The predicted molar refractivity (Wildman–Crippen MR) is 24.5 cm³/mol. The molecule has 2 nitrogen and oxygen atoms in total. The Morgan fingerprint density at radius 2 is 2.17 bits per heavy atom. The molecule has 0 saturated heterocycles. The summed E-state index contributed by atoms with van der Waals surface area (Å²) in [6, 6.07) is 0. The van der Waals surface area contributed by atoms with Gasteiger partial charge in [0.1, 0.15) is 0 Å². The highest BCUT2D eigenvalue weighted by atomic mass is 31.1. The van der Waals surface area contributed by atoms with Crippen molar-refractivity contribution in [3.63, 3.8) is 0 Å². The van der Waals surface area contributed by atoms with Gasteiger partial charge in [0.15, 0.2) is 0 Å². The number of rotatable bonds is 2. The van der Waals surface area contributed by atoms with E-state index in [9.17, 15) is 4.89 Å². The van der Waals surface area contributed by atoms with E-state index in [1.807, 2.05) is 13.8 Å². The maximum absolute atomic E-state index is 9.55. The Morgan fingerprint density at radius 1 is 1.67 bits per heavy atom. The van der Waals surface area contributed by atoms with E-state index in [4.69, 9.17) is 0 Å². The highest BCUT2D eigenvalue weighted by molar-refractivity contribution is 7.23. The molecule has 6 heavy (non-hydrogen) atoms. The molecule has 0 spiro atoms. The molecular weight excluding hydrogens is 99.0 g/mol. The quantitative estimate of drug-likeness (QED) is 0.475. The molecule has 0 aliphatic carbocycles. The zero-order valence-corrected chi connectivity index (χ0v) is 4.89. The first-order valence-electron chi connectivity index (χ1n) is 1.80. The second kappa shape index (κ2) is 3.54. The van der Waals surface area contributed by atoms with Gasteiger partial charge in [-0.2, -0.15) is 0 Å². The molecule has 0 aromatic rings. The van der Waals surface area contributed by atoms with Crippen LogP contribution in [0.4, 0.5) is 0 Å². The molecule has 3 heteroatoms. The summed E-state index contributed by atoms with van der Waals surface area (Å²) in [5.41, 5.74) is 0. The summed E-state index contributed by atoms with van der Waals surface area (Å²) in [5, 5.41) is 0. The third-order valence-electron chi connectivity index (χ3n) is 0.284. The van der Waals surface area contributed by atoms with Gasteiger partial charge >= 0.3 is 0 Å². The van der Waals surface area contributed by atoms with Gasteiger partial charge in [0, 0.05) is 0 Å². The molecule has 0 fully saturated rings. The monoisotopic (exact) mass is 107 g/mol. The molecular formula is C3H8O2P-. The number of hydrogen-bond donors (Lipinski definition) is 0. The van der Waals surface area contributed by atoms with Crippen LogP contribution in [0.1, 0.15) is 13.8 Å². The van der Waals surface area contributed by atoms with Gasteiger partial charge in [-0.25, -0.2) is 0 Å². The van der Waals surface area contributed by atoms with Crippen LogP contribution in [-0.2, 0) is 4.52 Å². The zero-order valence-electron chi connectivity index (χ0n) is 3.89. The van der Waals surface area contributed by atoms with Crippen molar-refractivity contribution in [2.45, 2.75) is 20.0 Å². The first-order chi connectivity index (χ1) is 2.77. The maximum atomic E-state index is 9.55. The number of hydrogen-bond acceptors (Lipinski definition) is 2. The van der Waals surface area contributed by atoms with E-state index in [1.165, 1.54) is 0 Å². The molecule has 0 aromatic carbocycles. The fourth-order valence-corrected chi connectivity index (χ4v) is 0.289. The van der Waals surface area contributed by atoms with Crippen LogP contribution < -0.4 is 4.89 Å². The molecule has 0 aliphatic heterocycles. The molecule has 0 radical (unpaired) electrons. The van der Waals surface area contributed by atoms with Crippen molar-refractivity contribution >= 4 is 9.03 Å². The van der Waals surface area contributed by atoms with Gasteiger partial charge in [0.25, 0.3) is 0 Å². The second-order valence-electron chi connectivity index (χ2n) is 1.25. The molecule has 0 rings (SSSR count). The van der Waals surface area contributed by atoms with Crippen molar-refractivity contribution in [2.24, 2.45) is 0 Å². The largest absolute Gasteiger partial charge is 0.810 e. The Bertz CT molecular complexity index is 30.0. The van der Waals surface area contributed by atoms with E-state index < -0.39 is 9.03 Å². The fourth-order valence-electron chi connectivity index (χ4n) is 0.0962. The molecule has 38 valence electrons. The van der Waals surface area contributed by atoms with Gasteiger partial charge in [0.2, 0.25) is 0 Å². The first-order valence-corrected chi connectivity index (χ1v) is 2.62. The lowest BCUT2D eigenvalue weighted by molar-refractivity contribution is -0.171. The average Bonchev–Trinajstić information content (AvgIpc) is 1.35. The topological polar surface area (TPSA) is 32.3 Å². The normalized spacial score (nSPS) is 12.0. The lowest BCUT2D eigenvalue weighted by Gasteiger charge is -2.07. The Labute approximate surface area is 39.5 Å². The van der Waals surface area contributed by atoms with Crippen LogP contribution in [0.2, 0.25) is 0 Å². The van der Waals surface area contributed by atoms with Crippen LogP contribution in [0.3, 0.4) is 0 Å². The van der Waals surface area contributed by atoms with E-state index in [2.05, 4.69) is 4.52 Å². The van der Waals surface area contributed by atoms with E-state index in [1.54, 1.807) is 0 Å². The minimum Gasteiger partial charge on any atom is -0.810 e. The van der Waals surface area contributed by atoms with Gasteiger partial charge in [-0.1, -0.05) is 9.03 Å². The summed E-state index contributed by atoms with van der Waals surface area (Å²) in [7, 11) is -0.612. The Kier molecular flexibility index (Phi) is 3.74. The maximum Gasteiger partial charge on any atom is 0.0541 e.